The fourth-order valence-corrected chi connectivity index (χ4v) is 2.40. The van der Waals surface area contributed by atoms with E-state index in [9.17, 15) is 4.79 Å². The number of halogens is 1. The summed E-state index contributed by atoms with van der Waals surface area (Å²) in [5, 5.41) is 2.28. The van der Waals surface area contributed by atoms with Crippen LogP contribution >= 0.6 is 15.9 Å². The summed E-state index contributed by atoms with van der Waals surface area (Å²) < 4.78 is 1.06. The third kappa shape index (κ3) is 1.78. The third-order valence-electron chi connectivity index (χ3n) is 2.86. The Kier molecular flexibility index (Phi) is 2.85. The summed E-state index contributed by atoms with van der Waals surface area (Å²) in [5.74, 6) is 0. The zero-order valence-corrected chi connectivity index (χ0v) is 10.9. The first-order valence-electron chi connectivity index (χ1n) is 5.20. The molecular formula is C14H13BrO. The van der Waals surface area contributed by atoms with E-state index < -0.39 is 5.41 Å². The number of carbonyl (C=O) groups excluding carboxylic acids is 1. The molecule has 0 aliphatic heterocycles. The number of carbonyl (C=O) groups is 1. The van der Waals surface area contributed by atoms with Gasteiger partial charge in [0, 0.05) is 9.89 Å². The van der Waals surface area contributed by atoms with E-state index in [1.165, 1.54) is 0 Å². The summed E-state index contributed by atoms with van der Waals surface area (Å²) in [6.07, 6.45) is 1.00. The summed E-state index contributed by atoms with van der Waals surface area (Å²) in [6, 6.07) is 12.1. The topological polar surface area (TPSA) is 17.1 Å². The van der Waals surface area contributed by atoms with Gasteiger partial charge in [0.25, 0.3) is 0 Å². The first-order chi connectivity index (χ1) is 7.56. The van der Waals surface area contributed by atoms with E-state index >= 15 is 0 Å². The summed E-state index contributed by atoms with van der Waals surface area (Å²) in [7, 11) is 0. The second kappa shape index (κ2) is 4.02. The van der Waals surface area contributed by atoms with Crippen LogP contribution in [0.4, 0.5) is 0 Å². The van der Waals surface area contributed by atoms with Crippen LogP contribution in [0.25, 0.3) is 10.8 Å². The molecule has 1 nitrogen and oxygen atoms in total. The monoisotopic (exact) mass is 276 g/mol. The highest BCUT2D eigenvalue weighted by atomic mass is 79.9. The molecule has 0 aliphatic rings. The molecule has 0 saturated heterocycles. The van der Waals surface area contributed by atoms with Gasteiger partial charge in [0.05, 0.1) is 0 Å². The Hall–Kier alpha value is -1.15. The molecule has 0 aromatic heterocycles. The van der Waals surface area contributed by atoms with Crippen molar-refractivity contribution in [2.45, 2.75) is 19.3 Å². The second-order valence-electron chi connectivity index (χ2n) is 4.48. The number of benzene rings is 2. The Labute approximate surface area is 104 Å². The minimum absolute atomic E-state index is 0.444. The molecule has 16 heavy (non-hydrogen) atoms. The first-order valence-corrected chi connectivity index (χ1v) is 5.99. The molecule has 0 heterocycles. The standard InChI is InChI=1S/C14H13BrO/c1-14(2,9-16)12-7-3-6-11-10(12)5-4-8-13(11)15/h3-9H,1-2H3. The van der Waals surface area contributed by atoms with Crippen LogP contribution in [0.2, 0.25) is 0 Å². The average molecular weight is 277 g/mol. The lowest BCUT2D eigenvalue weighted by atomic mass is 9.83. The van der Waals surface area contributed by atoms with Crippen LogP contribution in [0, 0.1) is 0 Å². The maximum absolute atomic E-state index is 11.1. The van der Waals surface area contributed by atoms with Gasteiger partial charge >= 0.3 is 0 Å². The van der Waals surface area contributed by atoms with Crippen molar-refractivity contribution >= 4 is 33.0 Å². The van der Waals surface area contributed by atoms with E-state index in [0.717, 1.165) is 27.1 Å². The predicted octanol–water partition coefficient (Wildman–Crippen LogP) is 4.08. The van der Waals surface area contributed by atoms with Gasteiger partial charge in [-0.15, -0.1) is 0 Å². The van der Waals surface area contributed by atoms with Gasteiger partial charge in [-0.1, -0.05) is 46.3 Å². The lowest BCUT2D eigenvalue weighted by Crippen LogP contribution is -2.18. The van der Waals surface area contributed by atoms with Gasteiger partial charge in [-0.3, -0.25) is 0 Å². The number of aldehydes is 1. The molecule has 0 aliphatic carbocycles. The van der Waals surface area contributed by atoms with E-state index in [0.29, 0.717) is 0 Å². The summed E-state index contributed by atoms with van der Waals surface area (Å²) in [4.78, 5) is 11.1. The van der Waals surface area contributed by atoms with Gasteiger partial charge in [-0.05, 0) is 36.2 Å². The maximum atomic E-state index is 11.1. The number of hydrogen-bond donors (Lipinski definition) is 0. The largest absolute Gasteiger partial charge is 0.302 e. The molecule has 0 fully saturated rings. The van der Waals surface area contributed by atoms with Crippen LogP contribution < -0.4 is 0 Å². The fraction of sp³-hybridized carbons (Fsp3) is 0.214. The second-order valence-corrected chi connectivity index (χ2v) is 5.33. The Balaban J connectivity index is 2.82. The number of fused-ring (bicyclic) bond motifs is 1. The lowest BCUT2D eigenvalue weighted by molar-refractivity contribution is -0.111. The van der Waals surface area contributed by atoms with Crippen LogP contribution in [-0.4, -0.2) is 6.29 Å². The number of rotatable bonds is 2. The normalized spacial score (nSPS) is 11.7. The smallest absolute Gasteiger partial charge is 0.129 e. The van der Waals surface area contributed by atoms with Crippen molar-refractivity contribution in [2.24, 2.45) is 0 Å². The van der Waals surface area contributed by atoms with Crippen LogP contribution in [0.3, 0.4) is 0 Å². The highest BCUT2D eigenvalue weighted by molar-refractivity contribution is 9.10. The van der Waals surface area contributed by atoms with Gasteiger partial charge in [0.15, 0.2) is 0 Å². The molecule has 0 radical (unpaired) electrons. The first kappa shape index (κ1) is 11.3. The van der Waals surface area contributed by atoms with E-state index in [4.69, 9.17) is 0 Å². The zero-order valence-electron chi connectivity index (χ0n) is 9.33. The molecule has 0 unspecified atom stereocenters. The number of hydrogen-bond acceptors (Lipinski definition) is 1. The Morgan fingerprint density at radius 3 is 2.38 bits per heavy atom. The van der Waals surface area contributed by atoms with Crippen molar-refractivity contribution in [1.29, 1.82) is 0 Å². The summed E-state index contributed by atoms with van der Waals surface area (Å²) in [6.45, 7) is 3.88. The molecule has 2 aromatic rings. The minimum Gasteiger partial charge on any atom is -0.302 e. The van der Waals surface area contributed by atoms with Crippen LogP contribution in [0.15, 0.2) is 40.9 Å². The van der Waals surface area contributed by atoms with Gasteiger partial charge in [-0.2, -0.15) is 0 Å². The van der Waals surface area contributed by atoms with Crippen molar-refractivity contribution < 1.29 is 4.79 Å². The van der Waals surface area contributed by atoms with Crippen molar-refractivity contribution in [3.63, 3.8) is 0 Å². The van der Waals surface area contributed by atoms with Gasteiger partial charge < -0.3 is 4.79 Å². The van der Waals surface area contributed by atoms with E-state index in [1.807, 2.05) is 38.1 Å². The van der Waals surface area contributed by atoms with E-state index in [1.54, 1.807) is 0 Å². The molecule has 2 rings (SSSR count). The zero-order chi connectivity index (χ0) is 11.8. The van der Waals surface area contributed by atoms with Gasteiger partial charge in [0.2, 0.25) is 0 Å². The SMILES string of the molecule is CC(C)(C=O)c1cccc2c(Br)cccc12. The molecule has 82 valence electrons. The molecule has 0 N–H and O–H groups in total. The molecule has 0 spiro atoms. The predicted molar refractivity (Wildman–Crippen MR) is 70.7 cm³/mol. The molecule has 0 saturated carbocycles. The van der Waals surface area contributed by atoms with Crippen LogP contribution in [-0.2, 0) is 10.2 Å². The Morgan fingerprint density at radius 2 is 1.69 bits per heavy atom. The molecule has 2 heteroatoms. The van der Waals surface area contributed by atoms with Crippen molar-refractivity contribution in [3.05, 3.63) is 46.4 Å². The summed E-state index contributed by atoms with van der Waals surface area (Å²) >= 11 is 3.53. The van der Waals surface area contributed by atoms with E-state index in [-0.39, 0.29) is 0 Å². The molecule has 0 amide bonds. The highest BCUT2D eigenvalue weighted by Gasteiger charge is 2.21. The minimum atomic E-state index is -0.444. The van der Waals surface area contributed by atoms with Crippen molar-refractivity contribution in [3.8, 4) is 0 Å². The quantitative estimate of drug-likeness (QED) is 0.756. The molecule has 2 aromatic carbocycles. The lowest BCUT2D eigenvalue weighted by Gasteiger charge is -2.20. The molecular weight excluding hydrogens is 264 g/mol. The van der Waals surface area contributed by atoms with Crippen LogP contribution in [0.5, 0.6) is 0 Å². The maximum Gasteiger partial charge on any atom is 0.129 e. The fourth-order valence-electron chi connectivity index (χ4n) is 1.90. The third-order valence-corrected chi connectivity index (χ3v) is 3.55. The average Bonchev–Trinajstić information content (AvgIpc) is 2.29. The molecule has 0 atom stereocenters. The van der Waals surface area contributed by atoms with Crippen molar-refractivity contribution in [2.75, 3.05) is 0 Å². The van der Waals surface area contributed by atoms with Crippen molar-refractivity contribution in [1.82, 2.24) is 0 Å². The summed E-state index contributed by atoms with van der Waals surface area (Å²) in [5.41, 5.74) is 0.627. The Morgan fingerprint density at radius 1 is 1.06 bits per heavy atom. The van der Waals surface area contributed by atoms with Gasteiger partial charge in [0.1, 0.15) is 6.29 Å². The Bertz CT molecular complexity index is 543. The van der Waals surface area contributed by atoms with E-state index in [2.05, 4.69) is 28.1 Å². The molecule has 0 bridgehead atoms. The van der Waals surface area contributed by atoms with Crippen LogP contribution in [0.1, 0.15) is 19.4 Å². The highest BCUT2D eigenvalue weighted by Crippen LogP contribution is 2.32. The van der Waals surface area contributed by atoms with Gasteiger partial charge in [-0.25, -0.2) is 0 Å².